The van der Waals surface area contributed by atoms with Gasteiger partial charge in [0.25, 0.3) is 0 Å². The SMILES string of the molecule is C=C1NC(=O)N(C2CC(CC)C(CCC)O2)C=C1C. The molecule has 19 heavy (non-hydrogen) atoms. The third-order valence-electron chi connectivity index (χ3n) is 4.07. The van der Waals surface area contributed by atoms with Crippen LogP contribution in [0.4, 0.5) is 4.79 Å². The Morgan fingerprint density at radius 1 is 1.53 bits per heavy atom. The van der Waals surface area contributed by atoms with E-state index in [-0.39, 0.29) is 18.4 Å². The molecule has 1 saturated heterocycles. The molecule has 0 aliphatic carbocycles. The number of nitrogens with one attached hydrogen (secondary N) is 1. The molecule has 2 heterocycles. The maximum atomic E-state index is 12.0. The number of carbonyl (C=O) groups is 1. The topological polar surface area (TPSA) is 41.6 Å². The van der Waals surface area contributed by atoms with Crippen LogP contribution in [0.15, 0.2) is 24.0 Å². The Morgan fingerprint density at radius 2 is 2.26 bits per heavy atom. The molecule has 1 fully saturated rings. The van der Waals surface area contributed by atoms with E-state index in [9.17, 15) is 4.79 Å². The Labute approximate surface area is 115 Å². The molecular formula is C15H24N2O2. The summed E-state index contributed by atoms with van der Waals surface area (Å²) in [6.07, 6.45) is 6.21. The van der Waals surface area contributed by atoms with Crippen LogP contribution in [0, 0.1) is 5.92 Å². The van der Waals surface area contributed by atoms with Crippen LogP contribution in [0.25, 0.3) is 0 Å². The Morgan fingerprint density at radius 3 is 2.89 bits per heavy atom. The number of nitrogens with zero attached hydrogens (tertiary/aromatic N) is 1. The number of allylic oxidation sites excluding steroid dienone is 1. The van der Waals surface area contributed by atoms with Crippen molar-refractivity contribution >= 4 is 6.03 Å². The first-order valence-corrected chi connectivity index (χ1v) is 7.19. The van der Waals surface area contributed by atoms with Gasteiger partial charge in [-0.2, -0.15) is 0 Å². The maximum absolute atomic E-state index is 12.0. The average Bonchev–Trinajstić information content (AvgIpc) is 2.77. The van der Waals surface area contributed by atoms with Gasteiger partial charge in [0.15, 0.2) is 0 Å². The first-order valence-electron chi connectivity index (χ1n) is 7.19. The highest BCUT2D eigenvalue weighted by Crippen LogP contribution is 2.34. The first-order chi connectivity index (χ1) is 9.06. The normalized spacial score (nSPS) is 31.4. The molecule has 2 aliphatic heterocycles. The van der Waals surface area contributed by atoms with Crippen LogP contribution >= 0.6 is 0 Å². The Bertz CT molecular complexity index is 403. The molecule has 0 aromatic rings. The van der Waals surface area contributed by atoms with E-state index in [1.807, 2.05) is 13.1 Å². The maximum Gasteiger partial charge on any atom is 0.327 e. The highest BCUT2D eigenvalue weighted by Gasteiger charge is 2.38. The van der Waals surface area contributed by atoms with Gasteiger partial charge in [0.05, 0.1) is 6.10 Å². The fourth-order valence-corrected chi connectivity index (χ4v) is 2.83. The molecule has 0 saturated carbocycles. The molecule has 0 bridgehead atoms. The van der Waals surface area contributed by atoms with E-state index in [4.69, 9.17) is 4.74 Å². The predicted octanol–water partition coefficient (Wildman–Crippen LogP) is 3.37. The summed E-state index contributed by atoms with van der Waals surface area (Å²) in [6, 6.07) is -0.132. The number of urea groups is 1. The molecule has 4 heteroatoms. The van der Waals surface area contributed by atoms with Gasteiger partial charge in [0, 0.05) is 11.9 Å². The van der Waals surface area contributed by atoms with Crippen molar-refractivity contribution in [3.05, 3.63) is 24.0 Å². The average molecular weight is 264 g/mol. The zero-order chi connectivity index (χ0) is 14.0. The molecule has 3 unspecified atom stereocenters. The number of rotatable bonds is 4. The van der Waals surface area contributed by atoms with Gasteiger partial charge in [-0.1, -0.05) is 33.3 Å². The van der Waals surface area contributed by atoms with E-state index >= 15 is 0 Å². The smallest absolute Gasteiger partial charge is 0.327 e. The van der Waals surface area contributed by atoms with E-state index in [1.165, 1.54) is 0 Å². The molecule has 0 aromatic heterocycles. The van der Waals surface area contributed by atoms with Gasteiger partial charge in [0.1, 0.15) is 6.23 Å². The second-order valence-corrected chi connectivity index (χ2v) is 5.45. The summed E-state index contributed by atoms with van der Waals surface area (Å²) in [4.78, 5) is 13.7. The zero-order valence-electron chi connectivity index (χ0n) is 12.1. The minimum absolute atomic E-state index is 0.132. The van der Waals surface area contributed by atoms with Crippen LogP contribution < -0.4 is 5.32 Å². The highest BCUT2D eigenvalue weighted by molar-refractivity contribution is 5.80. The van der Waals surface area contributed by atoms with Crippen LogP contribution in [-0.4, -0.2) is 23.3 Å². The van der Waals surface area contributed by atoms with Crippen molar-refractivity contribution in [3.8, 4) is 0 Å². The highest BCUT2D eigenvalue weighted by atomic mass is 16.5. The largest absolute Gasteiger partial charge is 0.354 e. The number of hydrogen-bond donors (Lipinski definition) is 1. The van der Waals surface area contributed by atoms with Crippen molar-refractivity contribution in [2.24, 2.45) is 5.92 Å². The second kappa shape index (κ2) is 5.78. The lowest BCUT2D eigenvalue weighted by molar-refractivity contribution is -0.0254. The Hall–Kier alpha value is -1.29. The Kier molecular flexibility index (Phi) is 4.30. The van der Waals surface area contributed by atoms with E-state index in [0.29, 0.717) is 11.6 Å². The summed E-state index contributed by atoms with van der Waals surface area (Å²) in [7, 11) is 0. The number of ether oxygens (including phenoxy) is 1. The van der Waals surface area contributed by atoms with E-state index < -0.39 is 0 Å². The van der Waals surface area contributed by atoms with Gasteiger partial charge in [0.2, 0.25) is 0 Å². The van der Waals surface area contributed by atoms with Crippen molar-refractivity contribution in [2.75, 3.05) is 0 Å². The van der Waals surface area contributed by atoms with Gasteiger partial charge in [-0.15, -0.1) is 0 Å². The van der Waals surface area contributed by atoms with Crippen molar-refractivity contribution in [1.29, 1.82) is 0 Å². The minimum Gasteiger partial charge on any atom is -0.354 e. The fourth-order valence-electron chi connectivity index (χ4n) is 2.83. The number of hydrogen-bond acceptors (Lipinski definition) is 2. The van der Waals surface area contributed by atoms with Gasteiger partial charge in [-0.3, -0.25) is 4.90 Å². The lowest BCUT2D eigenvalue weighted by Gasteiger charge is -2.30. The van der Waals surface area contributed by atoms with E-state index in [2.05, 4.69) is 25.7 Å². The van der Waals surface area contributed by atoms with Crippen molar-refractivity contribution < 1.29 is 9.53 Å². The van der Waals surface area contributed by atoms with Crippen LogP contribution in [0.2, 0.25) is 0 Å². The Balaban J connectivity index is 2.10. The van der Waals surface area contributed by atoms with E-state index in [0.717, 1.165) is 31.3 Å². The molecule has 1 N–H and O–H groups in total. The summed E-state index contributed by atoms with van der Waals surface area (Å²) in [5.74, 6) is 0.552. The number of amides is 2. The fraction of sp³-hybridized carbons (Fsp3) is 0.667. The molecule has 0 aromatic carbocycles. The molecule has 2 aliphatic rings. The van der Waals surface area contributed by atoms with Crippen LogP contribution in [0.1, 0.15) is 46.5 Å². The molecule has 4 nitrogen and oxygen atoms in total. The number of carbonyl (C=O) groups excluding carboxylic acids is 1. The third-order valence-corrected chi connectivity index (χ3v) is 4.07. The third kappa shape index (κ3) is 2.84. The molecule has 0 radical (unpaired) electrons. The lowest BCUT2D eigenvalue weighted by atomic mass is 9.95. The lowest BCUT2D eigenvalue weighted by Crippen LogP contribution is -2.45. The van der Waals surface area contributed by atoms with Gasteiger partial charge < -0.3 is 10.1 Å². The molecule has 2 rings (SSSR count). The summed E-state index contributed by atoms with van der Waals surface area (Å²) >= 11 is 0. The van der Waals surface area contributed by atoms with Crippen molar-refractivity contribution in [1.82, 2.24) is 10.2 Å². The van der Waals surface area contributed by atoms with Gasteiger partial charge in [-0.25, -0.2) is 4.79 Å². The van der Waals surface area contributed by atoms with Crippen LogP contribution in [0.5, 0.6) is 0 Å². The second-order valence-electron chi connectivity index (χ2n) is 5.45. The quantitative estimate of drug-likeness (QED) is 0.845. The summed E-state index contributed by atoms with van der Waals surface area (Å²) < 4.78 is 6.09. The zero-order valence-corrected chi connectivity index (χ0v) is 12.1. The van der Waals surface area contributed by atoms with Gasteiger partial charge >= 0.3 is 6.03 Å². The summed E-state index contributed by atoms with van der Waals surface area (Å²) in [5.41, 5.74) is 1.66. The van der Waals surface area contributed by atoms with Crippen LogP contribution in [-0.2, 0) is 4.74 Å². The summed E-state index contributed by atoms with van der Waals surface area (Å²) in [6.45, 7) is 10.1. The first kappa shape index (κ1) is 14.1. The summed E-state index contributed by atoms with van der Waals surface area (Å²) in [5, 5.41) is 2.78. The molecule has 2 amide bonds. The van der Waals surface area contributed by atoms with Crippen molar-refractivity contribution in [3.63, 3.8) is 0 Å². The monoisotopic (exact) mass is 264 g/mol. The van der Waals surface area contributed by atoms with Crippen LogP contribution in [0.3, 0.4) is 0 Å². The minimum atomic E-state index is -0.135. The molecular weight excluding hydrogens is 240 g/mol. The van der Waals surface area contributed by atoms with Crippen molar-refractivity contribution in [2.45, 2.75) is 58.8 Å². The molecule has 3 atom stereocenters. The standard InChI is InChI=1S/C15H24N2O2/c1-5-7-13-12(6-2)8-14(19-13)17-9-10(3)11(4)16-15(17)18/h9,12-14H,4-8H2,1-3H3,(H,16,18). The van der Waals surface area contributed by atoms with E-state index in [1.54, 1.807) is 4.90 Å². The molecule has 106 valence electrons. The molecule has 0 spiro atoms. The predicted molar refractivity (Wildman–Crippen MR) is 75.2 cm³/mol. The van der Waals surface area contributed by atoms with Gasteiger partial charge in [-0.05, 0) is 31.3 Å².